The lowest BCUT2D eigenvalue weighted by atomic mass is 10.2. The van der Waals surface area contributed by atoms with Crippen LogP contribution in [0.15, 0.2) is 17.5 Å². The molecule has 1 saturated heterocycles. The molecule has 1 aliphatic heterocycles. The Hall–Kier alpha value is -0.910. The van der Waals surface area contributed by atoms with Crippen LogP contribution in [0.5, 0.6) is 0 Å². The Morgan fingerprint density at radius 2 is 2.35 bits per heavy atom. The molecule has 1 N–H and O–H groups in total. The van der Waals surface area contributed by atoms with Crippen LogP contribution < -0.4 is 5.32 Å². The minimum Gasteiger partial charge on any atom is -0.379 e. The standard InChI is InChI=1S/C12H18N2O2S/c1-10(11-3-2-8-17-11)13-12(15)9-14-4-6-16-7-5-14/h2-3,8,10H,4-7,9H2,1H3,(H,13,15)/t10-/m1/s1. The van der Waals surface area contributed by atoms with Crippen LogP contribution in [-0.4, -0.2) is 43.7 Å². The van der Waals surface area contributed by atoms with Gasteiger partial charge in [0.25, 0.3) is 0 Å². The molecule has 1 amide bonds. The van der Waals surface area contributed by atoms with Gasteiger partial charge in [0.05, 0.1) is 25.8 Å². The predicted octanol–water partition coefficient (Wildman–Crippen LogP) is 1.26. The van der Waals surface area contributed by atoms with Crippen molar-refractivity contribution in [1.82, 2.24) is 10.2 Å². The van der Waals surface area contributed by atoms with Gasteiger partial charge in [0.1, 0.15) is 0 Å². The number of ether oxygens (including phenoxy) is 1. The third-order valence-corrected chi connectivity index (χ3v) is 3.87. The van der Waals surface area contributed by atoms with Crippen molar-refractivity contribution < 1.29 is 9.53 Å². The summed E-state index contributed by atoms with van der Waals surface area (Å²) in [5, 5.41) is 5.05. The summed E-state index contributed by atoms with van der Waals surface area (Å²) in [5.74, 6) is 0.0906. The van der Waals surface area contributed by atoms with E-state index in [9.17, 15) is 4.79 Å². The Kier molecular flexibility index (Phi) is 4.53. The highest BCUT2D eigenvalue weighted by molar-refractivity contribution is 7.10. The number of hydrogen-bond donors (Lipinski definition) is 1. The molecule has 94 valence electrons. The van der Waals surface area contributed by atoms with Crippen molar-refractivity contribution in [1.29, 1.82) is 0 Å². The van der Waals surface area contributed by atoms with Crippen molar-refractivity contribution in [2.75, 3.05) is 32.8 Å². The Bertz CT molecular complexity index is 347. The second-order valence-corrected chi connectivity index (χ2v) is 5.17. The molecule has 2 rings (SSSR count). The smallest absolute Gasteiger partial charge is 0.234 e. The molecule has 5 heteroatoms. The first-order valence-corrected chi connectivity index (χ1v) is 6.76. The Labute approximate surface area is 106 Å². The Morgan fingerprint density at radius 3 is 3.00 bits per heavy atom. The highest BCUT2D eigenvalue weighted by Gasteiger charge is 2.16. The third-order valence-electron chi connectivity index (χ3n) is 2.82. The second kappa shape index (κ2) is 6.14. The van der Waals surface area contributed by atoms with Gasteiger partial charge in [-0.1, -0.05) is 6.07 Å². The molecule has 1 fully saturated rings. The van der Waals surface area contributed by atoms with Crippen molar-refractivity contribution in [3.05, 3.63) is 22.4 Å². The zero-order chi connectivity index (χ0) is 12.1. The van der Waals surface area contributed by atoms with Crippen LogP contribution >= 0.6 is 11.3 Å². The van der Waals surface area contributed by atoms with E-state index in [-0.39, 0.29) is 11.9 Å². The molecule has 0 radical (unpaired) electrons. The van der Waals surface area contributed by atoms with Crippen LogP contribution in [0.3, 0.4) is 0 Å². The number of amides is 1. The van der Waals surface area contributed by atoms with Gasteiger partial charge in [0.2, 0.25) is 5.91 Å². The quantitative estimate of drug-likeness (QED) is 0.879. The molecule has 1 aliphatic rings. The summed E-state index contributed by atoms with van der Waals surface area (Å²) >= 11 is 1.67. The maximum Gasteiger partial charge on any atom is 0.234 e. The zero-order valence-electron chi connectivity index (χ0n) is 10.0. The van der Waals surface area contributed by atoms with E-state index in [2.05, 4.69) is 10.2 Å². The number of carbonyl (C=O) groups excluding carboxylic acids is 1. The van der Waals surface area contributed by atoms with Crippen LogP contribution in [-0.2, 0) is 9.53 Å². The van der Waals surface area contributed by atoms with Crippen molar-refractivity contribution in [3.8, 4) is 0 Å². The molecule has 1 atom stereocenters. The van der Waals surface area contributed by atoms with Gasteiger partial charge in [-0.25, -0.2) is 0 Å². The van der Waals surface area contributed by atoms with Gasteiger partial charge in [-0.05, 0) is 18.4 Å². The van der Waals surface area contributed by atoms with E-state index in [0.717, 1.165) is 26.3 Å². The number of carbonyl (C=O) groups is 1. The normalized spacial score (nSPS) is 18.9. The highest BCUT2D eigenvalue weighted by atomic mass is 32.1. The lowest BCUT2D eigenvalue weighted by Gasteiger charge is -2.26. The molecule has 0 bridgehead atoms. The average molecular weight is 254 g/mol. The first-order valence-electron chi connectivity index (χ1n) is 5.88. The van der Waals surface area contributed by atoms with Gasteiger partial charge >= 0.3 is 0 Å². The van der Waals surface area contributed by atoms with Crippen molar-refractivity contribution >= 4 is 17.2 Å². The number of hydrogen-bond acceptors (Lipinski definition) is 4. The molecular formula is C12H18N2O2S. The number of nitrogens with one attached hydrogen (secondary N) is 1. The van der Waals surface area contributed by atoms with Crippen LogP contribution in [0.25, 0.3) is 0 Å². The number of thiophene rings is 1. The molecular weight excluding hydrogens is 236 g/mol. The molecule has 0 spiro atoms. The molecule has 0 saturated carbocycles. The monoisotopic (exact) mass is 254 g/mol. The largest absolute Gasteiger partial charge is 0.379 e. The van der Waals surface area contributed by atoms with Gasteiger partial charge in [-0.3, -0.25) is 9.69 Å². The topological polar surface area (TPSA) is 41.6 Å². The summed E-state index contributed by atoms with van der Waals surface area (Å²) in [7, 11) is 0. The summed E-state index contributed by atoms with van der Waals surface area (Å²) in [6.07, 6.45) is 0. The molecule has 0 unspecified atom stereocenters. The molecule has 0 aliphatic carbocycles. The van der Waals surface area contributed by atoms with Crippen LogP contribution in [0.4, 0.5) is 0 Å². The van der Waals surface area contributed by atoms with Crippen LogP contribution in [0.1, 0.15) is 17.8 Å². The minimum absolute atomic E-state index is 0.0906. The second-order valence-electron chi connectivity index (χ2n) is 4.19. The van der Waals surface area contributed by atoms with Crippen LogP contribution in [0, 0.1) is 0 Å². The van der Waals surface area contributed by atoms with E-state index in [0.29, 0.717) is 6.54 Å². The molecule has 4 nitrogen and oxygen atoms in total. The maximum atomic E-state index is 11.8. The average Bonchev–Trinajstić information content (AvgIpc) is 2.83. The summed E-state index contributed by atoms with van der Waals surface area (Å²) in [6.45, 7) is 5.64. The van der Waals surface area contributed by atoms with E-state index in [1.54, 1.807) is 11.3 Å². The first-order chi connectivity index (χ1) is 8.25. The van der Waals surface area contributed by atoms with E-state index in [4.69, 9.17) is 4.74 Å². The number of morpholine rings is 1. The van der Waals surface area contributed by atoms with Gasteiger partial charge < -0.3 is 10.1 Å². The first kappa shape index (κ1) is 12.5. The van der Waals surface area contributed by atoms with E-state index in [1.807, 2.05) is 24.4 Å². The zero-order valence-corrected chi connectivity index (χ0v) is 10.8. The highest BCUT2D eigenvalue weighted by Crippen LogP contribution is 2.17. The van der Waals surface area contributed by atoms with Gasteiger partial charge in [0.15, 0.2) is 0 Å². The fraction of sp³-hybridized carbons (Fsp3) is 0.583. The Morgan fingerprint density at radius 1 is 1.59 bits per heavy atom. The SMILES string of the molecule is C[C@@H](NC(=O)CN1CCOCC1)c1cccs1. The third kappa shape index (κ3) is 3.80. The molecule has 2 heterocycles. The van der Waals surface area contributed by atoms with E-state index >= 15 is 0 Å². The fourth-order valence-corrected chi connectivity index (χ4v) is 2.59. The summed E-state index contributed by atoms with van der Waals surface area (Å²) < 4.78 is 5.25. The molecule has 0 aromatic carbocycles. The summed E-state index contributed by atoms with van der Waals surface area (Å²) in [6, 6.07) is 4.15. The number of rotatable bonds is 4. The van der Waals surface area contributed by atoms with Gasteiger partial charge in [-0.15, -0.1) is 11.3 Å². The lowest BCUT2D eigenvalue weighted by Crippen LogP contribution is -2.43. The van der Waals surface area contributed by atoms with Crippen molar-refractivity contribution in [2.24, 2.45) is 0 Å². The molecule has 1 aromatic heterocycles. The van der Waals surface area contributed by atoms with Gasteiger partial charge in [0, 0.05) is 18.0 Å². The molecule has 1 aromatic rings. The van der Waals surface area contributed by atoms with Crippen LogP contribution in [0.2, 0.25) is 0 Å². The Balaban J connectivity index is 1.76. The minimum atomic E-state index is 0.0906. The fourth-order valence-electron chi connectivity index (χ4n) is 1.86. The van der Waals surface area contributed by atoms with E-state index < -0.39 is 0 Å². The van der Waals surface area contributed by atoms with Gasteiger partial charge in [-0.2, -0.15) is 0 Å². The molecule has 17 heavy (non-hydrogen) atoms. The number of nitrogens with zero attached hydrogens (tertiary/aromatic N) is 1. The summed E-state index contributed by atoms with van der Waals surface area (Å²) in [4.78, 5) is 15.1. The lowest BCUT2D eigenvalue weighted by molar-refractivity contribution is -0.123. The van der Waals surface area contributed by atoms with Crippen molar-refractivity contribution in [3.63, 3.8) is 0 Å². The predicted molar refractivity (Wildman–Crippen MR) is 68.1 cm³/mol. The maximum absolute atomic E-state index is 11.8. The summed E-state index contributed by atoms with van der Waals surface area (Å²) in [5.41, 5.74) is 0. The van der Waals surface area contributed by atoms with Crippen molar-refractivity contribution in [2.45, 2.75) is 13.0 Å². The van der Waals surface area contributed by atoms with E-state index in [1.165, 1.54) is 4.88 Å².